The summed E-state index contributed by atoms with van der Waals surface area (Å²) in [4.78, 5) is 0.600. The van der Waals surface area contributed by atoms with Gasteiger partial charge >= 0.3 is 0 Å². The van der Waals surface area contributed by atoms with E-state index in [1.54, 1.807) is 0 Å². The van der Waals surface area contributed by atoms with Gasteiger partial charge in [-0.2, -0.15) is 0 Å². The summed E-state index contributed by atoms with van der Waals surface area (Å²) in [6.45, 7) is 0. The summed E-state index contributed by atoms with van der Waals surface area (Å²) >= 11 is 10.4. The van der Waals surface area contributed by atoms with Gasteiger partial charge in [0.25, 0.3) is 0 Å². The van der Waals surface area contributed by atoms with E-state index in [0.29, 0.717) is 10.2 Å². The predicted molar refractivity (Wildman–Crippen MR) is 88.5 cm³/mol. The van der Waals surface area contributed by atoms with Crippen LogP contribution in [0.3, 0.4) is 0 Å². The largest absolute Gasteiger partial charge is 0.0881 e. The molecule has 0 radical (unpaired) electrons. The highest BCUT2D eigenvalue weighted by Crippen LogP contribution is 2.62. The molecule has 0 amide bonds. The minimum Gasteiger partial charge on any atom is -0.0881 e. The lowest BCUT2D eigenvalue weighted by Crippen LogP contribution is -2.50. The summed E-state index contributed by atoms with van der Waals surface area (Å²) in [5.41, 5.74) is 1.88. The molecule has 108 valence electrons. The predicted octanol–water partition coefficient (Wildman–Crippen LogP) is 5.86. The number of hydrogen-bond acceptors (Lipinski definition) is 0. The molecule has 1 aromatic carbocycles. The zero-order valence-electron chi connectivity index (χ0n) is 11.8. The van der Waals surface area contributed by atoms with Crippen LogP contribution in [0.4, 0.5) is 0 Å². The molecule has 4 aliphatic rings. The lowest BCUT2D eigenvalue weighted by molar-refractivity contribution is -0.0522. The molecule has 1 aromatic rings. The van der Waals surface area contributed by atoms with E-state index in [-0.39, 0.29) is 0 Å². The molecule has 20 heavy (non-hydrogen) atoms. The van der Waals surface area contributed by atoms with E-state index in [1.807, 2.05) is 12.1 Å². The fraction of sp³-hybridized carbons (Fsp3) is 0.667. The number of benzene rings is 1. The molecule has 0 aromatic heterocycles. The van der Waals surface area contributed by atoms with Crippen LogP contribution in [0, 0.1) is 23.2 Å². The summed E-state index contributed by atoms with van der Waals surface area (Å²) in [6.07, 6.45) is 10.0. The third-order valence-electron chi connectivity index (χ3n) is 6.11. The highest BCUT2D eigenvalue weighted by molar-refractivity contribution is 9.09. The number of rotatable bonds is 3. The van der Waals surface area contributed by atoms with Gasteiger partial charge in [-0.3, -0.25) is 0 Å². The average molecular weight is 354 g/mol. The molecule has 4 fully saturated rings. The molecule has 0 spiro atoms. The van der Waals surface area contributed by atoms with Crippen LogP contribution in [0.15, 0.2) is 24.3 Å². The van der Waals surface area contributed by atoms with Crippen molar-refractivity contribution in [3.8, 4) is 0 Å². The Morgan fingerprint density at radius 1 is 1.05 bits per heavy atom. The van der Waals surface area contributed by atoms with Gasteiger partial charge in [0.1, 0.15) is 0 Å². The molecule has 0 aliphatic heterocycles. The van der Waals surface area contributed by atoms with Crippen LogP contribution in [-0.2, 0) is 6.42 Å². The minimum atomic E-state index is 0.563. The van der Waals surface area contributed by atoms with E-state index >= 15 is 0 Å². The Balaban J connectivity index is 1.56. The highest BCUT2D eigenvalue weighted by Gasteiger charge is 2.53. The zero-order valence-corrected chi connectivity index (χ0v) is 14.2. The third kappa shape index (κ3) is 2.25. The smallest absolute Gasteiger partial charge is 0.0438 e. The maximum Gasteiger partial charge on any atom is 0.0438 e. The van der Waals surface area contributed by atoms with Crippen molar-refractivity contribution < 1.29 is 0 Å². The lowest BCUT2D eigenvalue weighted by atomic mass is 9.48. The van der Waals surface area contributed by atoms with Crippen LogP contribution < -0.4 is 0 Å². The third-order valence-corrected chi connectivity index (χ3v) is 7.77. The Hall–Kier alpha value is -0.0100. The highest BCUT2D eigenvalue weighted by atomic mass is 79.9. The number of alkyl halides is 1. The van der Waals surface area contributed by atoms with Gasteiger partial charge in [0.15, 0.2) is 0 Å². The Labute approximate surface area is 135 Å². The van der Waals surface area contributed by atoms with Gasteiger partial charge in [0.2, 0.25) is 0 Å². The van der Waals surface area contributed by atoms with Crippen molar-refractivity contribution in [2.75, 3.05) is 0 Å². The molecular formula is C18H22BrCl. The van der Waals surface area contributed by atoms with Crippen LogP contribution in [0.2, 0.25) is 5.02 Å². The normalized spacial score (nSPS) is 40.0. The van der Waals surface area contributed by atoms with E-state index in [0.717, 1.165) is 29.2 Å². The first-order valence-corrected chi connectivity index (χ1v) is 9.31. The average Bonchev–Trinajstić information content (AvgIpc) is 2.40. The van der Waals surface area contributed by atoms with Crippen molar-refractivity contribution in [1.82, 2.24) is 0 Å². The molecule has 0 nitrogen and oxygen atoms in total. The molecule has 5 rings (SSSR count). The van der Waals surface area contributed by atoms with Crippen molar-refractivity contribution in [3.05, 3.63) is 34.9 Å². The summed E-state index contributed by atoms with van der Waals surface area (Å²) < 4.78 is 0. The van der Waals surface area contributed by atoms with Crippen molar-refractivity contribution in [1.29, 1.82) is 0 Å². The molecule has 1 atom stereocenters. The van der Waals surface area contributed by atoms with Gasteiger partial charge in [-0.15, -0.1) is 0 Å². The molecule has 0 heterocycles. The molecular weight excluding hydrogens is 332 g/mol. The zero-order chi connectivity index (χ0) is 13.7. The van der Waals surface area contributed by atoms with Gasteiger partial charge in [-0.1, -0.05) is 45.7 Å². The van der Waals surface area contributed by atoms with Crippen molar-refractivity contribution >= 4 is 27.5 Å². The first-order chi connectivity index (χ1) is 9.64. The second-order valence-corrected chi connectivity index (χ2v) is 9.06. The van der Waals surface area contributed by atoms with Crippen LogP contribution in [0.25, 0.3) is 0 Å². The van der Waals surface area contributed by atoms with E-state index in [1.165, 1.54) is 44.1 Å². The summed E-state index contributed by atoms with van der Waals surface area (Å²) in [7, 11) is 0. The van der Waals surface area contributed by atoms with Crippen LogP contribution in [-0.4, -0.2) is 4.83 Å². The van der Waals surface area contributed by atoms with Gasteiger partial charge in [-0.05, 0) is 79.7 Å². The Morgan fingerprint density at radius 2 is 1.60 bits per heavy atom. The monoisotopic (exact) mass is 352 g/mol. The van der Waals surface area contributed by atoms with Crippen molar-refractivity contribution in [3.63, 3.8) is 0 Å². The van der Waals surface area contributed by atoms with Gasteiger partial charge in [0, 0.05) is 9.85 Å². The summed E-state index contributed by atoms with van der Waals surface area (Å²) in [5, 5.41) is 0.932. The molecule has 4 bridgehead atoms. The van der Waals surface area contributed by atoms with Crippen molar-refractivity contribution in [2.24, 2.45) is 23.2 Å². The first kappa shape index (κ1) is 13.6. The summed E-state index contributed by atoms with van der Waals surface area (Å²) in [5.74, 6) is 3.06. The number of halogens is 2. The maximum atomic E-state index is 6.36. The molecule has 0 N–H and O–H groups in total. The Morgan fingerprint density at radius 3 is 2.15 bits per heavy atom. The molecule has 4 aliphatic carbocycles. The van der Waals surface area contributed by atoms with E-state index < -0.39 is 0 Å². The lowest BCUT2D eigenvalue weighted by Gasteiger charge is -2.58. The van der Waals surface area contributed by atoms with E-state index in [4.69, 9.17) is 11.6 Å². The number of hydrogen-bond donors (Lipinski definition) is 0. The van der Waals surface area contributed by atoms with Gasteiger partial charge in [0.05, 0.1) is 0 Å². The van der Waals surface area contributed by atoms with Crippen LogP contribution >= 0.6 is 27.5 Å². The topological polar surface area (TPSA) is 0 Å². The fourth-order valence-electron chi connectivity index (χ4n) is 5.63. The van der Waals surface area contributed by atoms with E-state index in [9.17, 15) is 0 Å². The Kier molecular flexibility index (Phi) is 3.42. The quantitative estimate of drug-likeness (QED) is 0.597. The molecule has 1 unspecified atom stereocenters. The standard InChI is InChI=1S/C18H22BrCl/c19-17(8-15-3-1-2-4-16(15)20)18-9-12-5-13(10-18)7-14(6-12)11-18/h1-4,12-14,17H,5-11H2. The molecule has 4 saturated carbocycles. The van der Waals surface area contributed by atoms with Gasteiger partial charge < -0.3 is 0 Å². The second-order valence-electron chi connectivity index (χ2n) is 7.54. The fourth-order valence-corrected chi connectivity index (χ4v) is 6.76. The summed E-state index contributed by atoms with van der Waals surface area (Å²) in [6, 6.07) is 8.35. The van der Waals surface area contributed by atoms with E-state index in [2.05, 4.69) is 28.1 Å². The minimum absolute atomic E-state index is 0.563. The first-order valence-electron chi connectivity index (χ1n) is 8.02. The Bertz CT molecular complexity index is 475. The van der Waals surface area contributed by atoms with Gasteiger partial charge in [-0.25, -0.2) is 0 Å². The SMILES string of the molecule is Clc1ccccc1CC(Br)C12CC3CC(CC(C3)C1)C2. The molecule has 0 saturated heterocycles. The maximum absolute atomic E-state index is 6.36. The van der Waals surface area contributed by atoms with Crippen molar-refractivity contribution in [2.45, 2.75) is 49.8 Å². The second kappa shape index (κ2) is 5.02. The van der Waals surface area contributed by atoms with Crippen LogP contribution in [0.5, 0.6) is 0 Å². The molecule has 2 heteroatoms. The van der Waals surface area contributed by atoms with Crippen LogP contribution in [0.1, 0.15) is 44.1 Å².